The Hall–Kier alpha value is -1.06. The summed E-state index contributed by atoms with van der Waals surface area (Å²) in [5.41, 5.74) is 1.22. The SMILES string of the molecule is C[SiH](C)OCc1ccc2cocc2c1. The van der Waals surface area contributed by atoms with Crippen molar-refractivity contribution < 1.29 is 8.84 Å². The summed E-state index contributed by atoms with van der Waals surface area (Å²) in [6.07, 6.45) is 3.53. The van der Waals surface area contributed by atoms with Crippen molar-refractivity contribution in [3.05, 3.63) is 36.3 Å². The van der Waals surface area contributed by atoms with Gasteiger partial charge in [0.2, 0.25) is 0 Å². The van der Waals surface area contributed by atoms with Gasteiger partial charge in [0.25, 0.3) is 0 Å². The Labute approximate surface area is 85.2 Å². The molecule has 0 saturated heterocycles. The lowest BCUT2D eigenvalue weighted by atomic mass is 10.1. The maximum absolute atomic E-state index is 5.66. The molecule has 0 unspecified atom stereocenters. The molecule has 0 bridgehead atoms. The van der Waals surface area contributed by atoms with Gasteiger partial charge in [-0.2, -0.15) is 0 Å². The van der Waals surface area contributed by atoms with Crippen LogP contribution in [-0.2, 0) is 11.0 Å². The van der Waals surface area contributed by atoms with Crippen LogP contribution < -0.4 is 0 Å². The lowest BCUT2D eigenvalue weighted by molar-refractivity contribution is 0.315. The zero-order valence-corrected chi connectivity index (χ0v) is 9.64. The first-order chi connectivity index (χ1) is 6.75. The number of hydrogen-bond donors (Lipinski definition) is 0. The van der Waals surface area contributed by atoms with E-state index in [1.165, 1.54) is 5.56 Å². The fourth-order valence-corrected chi connectivity index (χ4v) is 1.89. The molecule has 2 rings (SSSR count). The normalized spacial score (nSPS) is 11.4. The van der Waals surface area contributed by atoms with Crippen LogP contribution in [0.2, 0.25) is 13.1 Å². The van der Waals surface area contributed by atoms with E-state index in [4.69, 9.17) is 8.84 Å². The molecular weight excluding hydrogens is 192 g/mol. The first-order valence-corrected chi connectivity index (χ1v) is 7.60. The van der Waals surface area contributed by atoms with Crippen molar-refractivity contribution in [2.75, 3.05) is 0 Å². The van der Waals surface area contributed by atoms with Gasteiger partial charge in [-0.15, -0.1) is 0 Å². The Morgan fingerprint density at radius 3 is 2.79 bits per heavy atom. The van der Waals surface area contributed by atoms with E-state index in [1.54, 1.807) is 12.5 Å². The Bertz CT molecular complexity index is 420. The number of hydrogen-bond acceptors (Lipinski definition) is 2. The zero-order valence-electron chi connectivity index (χ0n) is 8.49. The monoisotopic (exact) mass is 206 g/mol. The summed E-state index contributed by atoms with van der Waals surface area (Å²) < 4.78 is 10.8. The number of benzene rings is 1. The summed E-state index contributed by atoms with van der Waals surface area (Å²) in [6, 6.07) is 6.28. The van der Waals surface area contributed by atoms with Crippen molar-refractivity contribution in [3.63, 3.8) is 0 Å². The van der Waals surface area contributed by atoms with Gasteiger partial charge in [0.1, 0.15) is 0 Å². The summed E-state index contributed by atoms with van der Waals surface area (Å²) in [5.74, 6) is 0. The average molecular weight is 206 g/mol. The molecule has 1 heterocycles. The van der Waals surface area contributed by atoms with Gasteiger partial charge in [-0.05, 0) is 24.7 Å². The summed E-state index contributed by atoms with van der Waals surface area (Å²) in [7, 11) is -0.911. The van der Waals surface area contributed by atoms with Gasteiger partial charge >= 0.3 is 0 Å². The molecule has 3 heteroatoms. The standard InChI is InChI=1S/C11H14O2Si/c1-14(2)13-6-9-3-4-10-7-12-8-11(10)5-9/h3-5,7-8,14H,6H2,1-2H3. The fourth-order valence-electron chi connectivity index (χ4n) is 1.37. The van der Waals surface area contributed by atoms with E-state index in [0.717, 1.165) is 17.4 Å². The minimum absolute atomic E-state index is 0.727. The predicted molar refractivity (Wildman–Crippen MR) is 59.9 cm³/mol. The number of furan rings is 1. The maximum atomic E-state index is 5.66. The van der Waals surface area contributed by atoms with Gasteiger partial charge in [-0.25, -0.2) is 0 Å². The molecule has 0 N–H and O–H groups in total. The van der Waals surface area contributed by atoms with E-state index in [-0.39, 0.29) is 0 Å². The Balaban J connectivity index is 2.17. The molecule has 0 radical (unpaired) electrons. The minimum atomic E-state index is -0.911. The van der Waals surface area contributed by atoms with Crippen LogP contribution in [0.25, 0.3) is 10.8 Å². The summed E-state index contributed by atoms with van der Waals surface area (Å²) in [6.45, 7) is 5.08. The molecule has 0 spiro atoms. The third-order valence-electron chi connectivity index (χ3n) is 2.12. The highest BCUT2D eigenvalue weighted by Gasteiger charge is 2.00. The lowest BCUT2D eigenvalue weighted by Gasteiger charge is -2.06. The van der Waals surface area contributed by atoms with Crippen LogP contribution in [0, 0.1) is 0 Å². The van der Waals surface area contributed by atoms with Crippen LogP contribution >= 0.6 is 0 Å². The molecule has 0 fully saturated rings. The molecule has 14 heavy (non-hydrogen) atoms. The molecule has 74 valence electrons. The van der Waals surface area contributed by atoms with E-state index >= 15 is 0 Å². The first-order valence-electron chi connectivity index (χ1n) is 4.82. The van der Waals surface area contributed by atoms with Gasteiger partial charge < -0.3 is 8.84 Å². The smallest absolute Gasteiger partial charge is 0.171 e. The summed E-state index contributed by atoms with van der Waals surface area (Å²) in [4.78, 5) is 0. The second-order valence-corrected chi connectivity index (χ2v) is 6.13. The minimum Gasteiger partial charge on any atom is -0.471 e. The van der Waals surface area contributed by atoms with Crippen molar-refractivity contribution in [1.82, 2.24) is 0 Å². The molecule has 0 amide bonds. The van der Waals surface area contributed by atoms with E-state index in [2.05, 4.69) is 31.3 Å². The van der Waals surface area contributed by atoms with Gasteiger partial charge in [-0.3, -0.25) is 0 Å². The number of rotatable bonds is 3. The third-order valence-corrected chi connectivity index (χ3v) is 2.96. The van der Waals surface area contributed by atoms with Crippen molar-refractivity contribution in [1.29, 1.82) is 0 Å². The van der Waals surface area contributed by atoms with Crippen LogP contribution in [0.4, 0.5) is 0 Å². The quantitative estimate of drug-likeness (QED) is 0.720. The van der Waals surface area contributed by atoms with Crippen molar-refractivity contribution in [2.24, 2.45) is 0 Å². The fraction of sp³-hybridized carbons (Fsp3) is 0.273. The molecule has 2 nitrogen and oxygen atoms in total. The summed E-state index contributed by atoms with van der Waals surface area (Å²) in [5, 5.41) is 2.30. The molecule has 2 aromatic rings. The highest BCUT2D eigenvalue weighted by molar-refractivity contribution is 6.48. The van der Waals surface area contributed by atoms with Crippen LogP contribution in [0.3, 0.4) is 0 Å². The highest BCUT2D eigenvalue weighted by atomic mass is 28.3. The van der Waals surface area contributed by atoms with Crippen LogP contribution in [0.1, 0.15) is 5.56 Å². The Morgan fingerprint density at radius 2 is 2.00 bits per heavy atom. The Morgan fingerprint density at radius 1 is 1.21 bits per heavy atom. The van der Waals surface area contributed by atoms with Gasteiger partial charge in [0, 0.05) is 10.8 Å². The van der Waals surface area contributed by atoms with E-state index < -0.39 is 9.04 Å². The molecule has 0 aliphatic heterocycles. The van der Waals surface area contributed by atoms with Crippen LogP contribution in [0.15, 0.2) is 35.1 Å². The lowest BCUT2D eigenvalue weighted by Crippen LogP contribution is -2.06. The zero-order chi connectivity index (χ0) is 9.97. The van der Waals surface area contributed by atoms with E-state index in [9.17, 15) is 0 Å². The first kappa shape index (κ1) is 9.49. The third kappa shape index (κ3) is 2.05. The van der Waals surface area contributed by atoms with E-state index in [1.807, 2.05) is 0 Å². The van der Waals surface area contributed by atoms with Crippen LogP contribution in [-0.4, -0.2) is 9.04 Å². The molecule has 0 aliphatic carbocycles. The Kier molecular flexibility index (Phi) is 2.70. The molecule has 0 saturated carbocycles. The van der Waals surface area contributed by atoms with Crippen LogP contribution in [0.5, 0.6) is 0 Å². The summed E-state index contributed by atoms with van der Waals surface area (Å²) >= 11 is 0. The molecule has 1 aromatic carbocycles. The van der Waals surface area contributed by atoms with Gasteiger partial charge in [0.05, 0.1) is 19.1 Å². The molecule has 0 aliphatic rings. The predicted octanol–water partition coefficient (Wildman–Crippen LogP) is 2.93. The molecular formula is C11H14O2Si. The second-order valence-electron chi connectivity index (χ2n) is 3.69. The van der Waals surface area contributed by atoms with Gasteiger partial charge in [-0.1, -0.05) is 12.1 Å². The van der Waals surface area contributed by atoms with Gasteiger partial charge in [0.15, 0.2) is 9.04 Å². The van der Waals surface area contributed by atoms with Crippen molar-refractivity contribution >= 4 is 19.8 Å². The highest BCUT2D eigenvalue weighted by Crippen LogP contribution is 2.17. The second kappa shape index (κ2) is 3.98. The molecule has 1 aromatic heterocycles. The van der Waals surface area contributed by atoms with E-state index in [0.29, 0.717) is 0 Å². The average Bonchev–Trinajstić information content (AvgIpc) is 2.61. The van der Waals surface area contributed by atoms with Crippen molar-refractivity contribution in [2.45, 2.75) is 19.7 Å². The largest absolute Gasteiger partial charge is 0.471 e. The topological polar surface area (TPSA) is 22.4 Å². The maximum Gasteiger partial charge on any atom is 0.171 e. The molecule has 0 atom stereocenters. The number of fused-ring (bicyclic) bond motifs is 1. The van der Waals surface area contributed by atoms with Crippen molar-refractivity contribution in [3.8, 4) is 0 Å².